The van der Waals surface area contributed by atoms with Crippen LogP contribution in [0.1, 0.15) is 19.3 Å². The van der Waals surface area contributed by atoms with Gasteiger partial charge < -0.3 is 15.2 Å². The molecule has 0 unspecified atom stereocenters. The fraction of sp³-hybridized carbons (Fsp3) is 0.200. The lowest BCUT2D eigenvalue weighted by Gasteiger charge is -2.16. The van der Waals surface area contributed by atoms with Crippen molar-refractivity contribution in [1.82, 2.24) is 0 Å². The first-order valence-electron chi connectivity index (χ1n) is 8.46. The van der Waals surface area contributed by atoms with E-state index in [0.717, 1.165) is 0 Å². The lowest BCUT2D eigenvalue weighted by Crippen LogP contribution is -2.21. The molecule has 28 heavy (non-hydrogen) atoms. The standard InChI is InChI=1S/C20H16F3NO4/c21-20(22,23)28-17-11-13(12-5-2-1-3-6-12)9-10-16(17)24-18(25)14-7-4-8-15(14)19(26)27/h1-3,5-6,9-11H,4,7-8H2,(H,24,25)(H,26,27). The fourth-order valence-corrected chi connectivity index (χ4v) is 3.07. The molecule has 2 aromatic carbocycles. The third kappa shape index (κ3) is 4.51. The normalized spacial score (nSPS) is 14.1. The number of hydrogen-bond donors (Lipinski definition) is 2. The van der Waals surface area contributed by atoms with Crippen molar-refractivity contribution in [2.45, 2.75) is 25.6 Å². The Morgan fingerprint density at radius 1 is 0.964 bits per heavy atom. The lowest BCUT2D eigenvalue weighted by molar-refractivity contribution is -0.274. The smallest absolute Gasteiger partial charge is 0.478 e. The van der Waals surface area contributed by atoms with Crippen LogP contribution < -0.4 is 10.1 Å². The highest BCUT2D eigenvalue weighted by molar-refractivity contribution is 6.09. The number of amides is 1. The van der Waals surface area contributed by atoms with E-state index in [2.05, 4.69) is 10.1 Å². The number of nitrogens with one attached hydrogen (secondary N) is 1. The number of aliphatic carboxylic acids is 1. The molecule has 1 amide bonds. The number of carboxylic acid groups (broad SMARTS) is 1. The molecule has 0 atom stereocenters. The van der Waals surface area contributed by atoms with Crippen molar-refractivity contribution < 1.29 is 32.6 Å². The maximum Gasteiger partial charge on any atom is 0.573 e. The van der Waals surface area contributed by atoms with Crippen molar-refractivity contribution in [3.63, 3.8) is 0 Å². The summed E-state index contributed by atoms with van der Waals surface area (Å²) < 4.78 is 42.6. The molecule has 5 nitrogen and oxygen atoms in total. The third-order valence-electron chi connectivity index (χ3n) is 4.31. The van der Waals surface area contributed by atoms with Gasteiger partial charge in [0.15, 0.2) is 5.75 Å². The molecule has 2 aromatic rings. The van der Waals surface area contributed by atoms with Crippen LogP contribution in [0.3, 0.4) is 0 Å². The first-order valence-corrected chi connectivity index (χ1v) is 8.46. The number of benzene rings is 2. The Bertz CT molecular complexity index is 936. The second-order valence-electron chi connectivity index (χ2n) is 6.19. The number of anilines is 1. The molecule has 0 heterocycles. The van der Waals surface area contributed by atoms with Gasteiger partial charge in [-0.25, -0.2) is 4.79 Å². The van der Waals surface area contributed by atoms with Gasteiger partial charge in [-0.2, -0.15) is 0 Å². The van der Waals surface area contributed by atoms with Gasteiger partial charge in [-0.05, 0) is 42.5 Å². The van der Waals surface area contributed by atoms with Gasteiger partial charge in [-0.15, -0.1) is 13.2 Å². The van der Waals surface area contributed by atoms with Gasteiger partial charge in [0, 0.05) is 11.1 Å². The molecule has 0 saturated carbocycles. The maximum atomic E-state index is 12.8. The van der Waals surface area contributed by atoms with Crippen LogP contribution in [0.5, 0.6) is 5.75 Å². The minimum absolute atomic E-state index is 0.0169. The lowest BCUT2D eigenvalue weighted by atomic mass is 10.0. The summed E-state index contributed by atoms with van der Waals surface area (Å²) in [7, 11) is 0. The summed E-state index contributed by atoms with van der Waals surface area (Å²) in [6.45, 7) is 0. The number of ether oxygens (including phenoxy) is 1. The Morgan fingerprint density at radius 2 is 1.64 bits per heavy atom. The molecule has 0 radical (unpaired) electrons. The zero-order chi connectivity index (χ0) is 20.3. The fourth-order valence-electron chi connectivity index (χ4n) is 3.07. The van der Waals surface area contributed by atoms with E-state index >= 15 is 0 Å². The Kier molecular flexibility index (Phi) is 5.39. The first kappa shape index (κ1) is 19.5. The molecule has 1 aliphatic carbocycles. The van der Waals surface area contributed by atoms with Gasteiger partial charge in [0.05, 0.1) is 5.69 Å². The summed E-state index contributed by atoms with van der Waals surface area (Å²) in [5.74, 6) is -2.51. The predicted octanol–water partition coefficient (Wildman–Crippen LogP) is 4.76. The molecule has 0 saturated heterocycles. The van der Waals surface area contributed by atoms with E-state index < -0.39 is 24.0 Å². The molecule has 146 valence electrons. The molecule has 0 bridgehead atoms. The second kappa shape index (κ2) is 7.75. The topological polar surface area (TPSA) is 75.6 Å². The molecule has 8 heteroatoms. The van der Waals surface area contributed by atoms with Crippen LogP contribution in [-0.4, -0.2) is 23.3 Å². The summed E-state index contributed by atoms with van der Waals surface area (Å²) in [4.78, 5) is 23.6. The van der Waals surface area contributed by atoms with Gasteiger partial charge in [-0.1, -0.05) is 36.4 Å². The quantitative estimate of drug-likeness (QED) is 0.771. The van der Waals surface area contributed by atoms with Gasteiger partial charge in [0.25, 0.3) is 5.91 Å². The Balaban J connectivity index is 1.94. The summed E-state index contributed by atoms with van der Waals surface area (Å²) in [6, 6.07) is 12.8. The third-order valence-corrected chi connectivity index (χ3v) is 4.31. The van der Waals surface area contributed by atoms with E-state index in [1.54, 1.807) is 36.4 Å². The van der Waals surface area contributed by atoms with Crippen LogP contribution in [0.4, 0.5) is 18.9 Å². The highest BCUT2D eigenvalue weighted by Crippen LogP contribution is 2.36. The number of carbonyl (C=O) groups excluding carboxylic acids is 1. The molecule has 3 rings (SSSR count). The van der Waals surface area contributed by atoms with E-state index in [9.17, 15) is 22.8 Å². The van der Waals surface area contributed by atoms with Gasteiger partial charge >= 0.3 is 12.3 Å². The zero-order valence-corrected chi connectivity index (χ0v) is 14.5. The highest BCUT2D eigenvalue weighted by atomic mass is 19.4. The SMILES string of the molecule is O=C(O)C1=C(C(=O)Nc2ccc(-c3ccccc3)cc2OC(F)(F)F)CCC1. The predicted molar refractivity (Wildman–Crippen MR) is 95.7 cm³/mol. The average Bonchev–Trinajstić information content (AvgIpc) is 3.13. The Hall–Kier alpha value is -3.29. The van der Waals surface area contributed by atoms with Gasteiger partial charge in [0.2, 0.25) is 0 Å². The summed E-state index contributed by atoms with van der Waals surface area (Å²) in [6.07, 6.45) is -3.95. The number of halogens is 3. The number of carbonyl (C=O) groups is 2. The van der Waals surface area contributed by atoms with Crippen LogP contribution >= 0.6 is 0 Å². The minimum atomic E-state index is -4.95. The van der Waals surface area contributed by atoms with E-state index in [-0.39, 0.29) is 29.7 Å². The van der Waals surface area contributed by atoms with Crippen molar-refractivity contribution in [3.8, 4) is 16.9 Å². The number of rotatable bonds is 5. The van der Waals surface area contributed by atoms with Crippen molar-refractivity contribution in [2.24, 2.45) is 0 Å². The monoisotopic (exact) mass is 391 g/mol. The van der Waals surface area contributed by atoms with Gasteiger partial charge in [-0.3, -0.25) is 4.79 Å². The average molecular weight is 391 g/mol. The summed E-state index contributed by atoms with van der Waals surface area (Å²) in [5, 5.41) is 11.5. The largest absolute Gasteiger partial charge is 0.573 e. The highest BCUT2D eigenvalue weighted by Gasteiger charge is 2.33. The van der Waals surface area contributed by atoms with Crippen LogP contribution in [0.25, 0.3) is 11.1 Å². The first-order chi connectivity index (χ1) is 13.2. The minimum Gasteiger partial charge on any atom is -0.478 e. The molecule has 2 N–H and O–H groups in total. The summed E-state index contributed by atoms with van der Waals surface area (Å²) >= 11 is 0. The number of alkyl halides is 3. The van der Waals surface area contributed by atoms with Crippen molar-refractivity contribution >= 4 is 17.6 Å². The van der Waals surface area contributed by atoms with Crippen LogP contribution in [-0.2, 0) is 9.59 Å². The van der Waals surface area contributed by atoms with Crippen molar-refractivity contribution in [1.29, 1.82) is 0 Å². The molecular formula is C20H16F3NO4. The van der Waals surface area contributed by atoms with Crippen LogP contribution in [0.2, 0.25) is 0 Å². The molecular weight excluding hydrogens is 375 g/mol. The van der Waals surface area contributed by atoms with Crippen molar-refractivity contribution in [2.75, 3.05) is 5.32 Å². The van der Waals surface area contributed by atoms with E-state index in [0.29, 0.717) is 17.5 Å². The molecule has 0 aromatic heterocycles. The number of hydrogen-bond acceptors (Lipinski definition) is 3. The van der Waals surface area contributed by atoms with Crippen LogP contribution in [0, 0.1) is 0 Å². The molecule has 0 spiro atoms. The second-order valence-corrected chi connectivity index (χ2v) is 6.19. The van der Waals surface area contributed by atoms with Crippen LogP contribution in [0.15, 0.2) is 59.7 Å². The zero-order valence-electron chi connectivity index (χ0n) is 14.5. The number of carboxylic acids is 1. The Morgan fingerprint density at radius 3 is 2.29 bits per heavy atom. The van der Waals surface area contributed by atoms with E-state index in [1.165, 1.54) is 12.1 Å². The Labute approximate surface area is 158 Å². The molecule has 0 fully saturated rings. The summed E-state index contributed by atoms with van der Waals surface area (Å²) in [5.41, 5.74) is 1.02. The van der Waals surface area contributed by atoms with E-state index in [4.69, 9.17) is 5.11 Å². The maximum absolute atomic E-state index is 12.8. The van der Waals surface area contributed by atoms with Crippen molar-refractivity contribution in [3.05, 3.63) is 59.7 Å². The molecule has 0 aliphatic heterocycles. The molecule has 1 aliphatic rings. The van der Waals surface area contributed by atoms with Gasteiger partial charge in [0.1, 0.15) is 0 Å². The van der Waals surface area contributed by atoms with E-state index in [1.807, 2.05) is 0 Å².